The normalized spacial score (nSPS) is 15.5. The van der Waals surface area contributed by atoms with Gasteiger partial charge >= 0.3 is 5.97 Å². The van der Waals surface area contributed by atoms with Gasteiger partial charge < -0.3 is 31.9 Å². The summed E-state index contributed by atoms with van der Waals surface area (Å²) < 4.78 is 0. The minimum absolute atomic E-state index is 0.0399. The zero-order chi connectivity index (χ0) is 27.6. The van der Waals surface area contributed by atoms with E-state index >= 15 is 0 Å². The standard InChI is InChI=1S/C26H42N4O6/c1-7-16(6)22(25(34)29-20(26(35)36)12-14(2)3)30-23(32)19(28-24(33)21(27)15(4)5)13-17-8-10-18(31)11-9-17/h8-11,14-16,19-22,31H,7,12-13,27H2,1-6H3,(H,28,33)(H,29,34)(H,30,32)(H,35,36). The summed E-state index contributed by atoms with van der Waals surface area (Å²) in [5.41, 5.74) is 6.65. The number of amides is 3. The third kappa shape index (κ3) is 9.85. The molecule has 1 rings (SSSR count). The number of hydrogen-bond donors (Lipinski definition) is 6. The molecule has 36 heavy (non-hydrogen) atoms. The molecule has 0 saturated carbocycles. The van der Waals surface area contributed by atoms with Crippen molar-refractivity contribution in [3.05, 3.63) is 29.8 Å². The number of rotatable bonds is 14. The molecule has 5 unspecified atom stereocenters. The highest BCUT2D eigenvalue weighted by molar-refractivity contribution is 5.94. The zero-order valence-electron chi connectivity index (χ0n) is 22.1. The lowest BCUT2D eigenvalue weighted by Crippen LogP contribution is -2.59. The molecule has 0 fully saturated rings. The summed E-state index contributed by atoms with van der Waals surface area (Å²) in [7, 11) is 0. The largest absolute Gasteiger partial charge is 0.508 e. The van der Waals surface area contributed by atoms with Crippen LogP contribution in [-0.4, -0.2) is 58.1 Å². The summed E-state index contributed by atoms with van der Waals surface area (Å²) in [6.07, 6.45) is 0.894. The number of benzene rings is 1. The van der Waals surface area contributed by atoms with Crippen LogP contribution in [0.1, 0.15) is 59.9 Å². The third-order valence-electron chi connectivity index (χ3n) is 6.15. The van der Waals surface area contributed by atoms with E-state index in [1.54, 1.807) is 32.9 Å². The molecular formula is C26H42N4O6. The summed E-state index contributed by atoms with van der Waals surface area (Å²) in [6, 6.07) is 2.24. The topological polar surface area (TPSA) is 171 Å². The highest BCUT2D eigenvalue weighted by Gasteiger charge is 2.33. The number of carbonyl (C=O) groups excluding carboxylic acids is 3. The number of phenolic OH excluding ortho intramolecular Hbond substituents is 1. The molecule has 202 valence electrons. The molecule has 0 spiro atoms. The highest BCUT2D eigenvalue weighted by Crippen LogP contribution is 2.14. The average Bonchev–Trinajstić information content (AvgIpc) is 2.81. The van der Waals surface area contributed by atoms with Crippen LogP contribution in [0.25, 0.3) is 0 Å². The number of aliphatic carboxylic acids is 1. The van der Waals surface area contributed by atoms with Gasteiger partial charge in [-0.3, -0.25) is 14.4 Å². The summed E-state index contributed by atoms with van der Waals surface area (Å²) >= 11 is 0. The molecule has 0 saturated heterocycles. The Labute approximate surface area is 213 Å². The molecule has 0 heterocycles. The van der Waals surface area contributed by atoms with Crippen molar-refractivity contribution in [2.75, 3.05) is 0 Å². The molecule has 3 amide bonds. The van der Waals surface area contributed by atoms with Gasteiger partial charge in [-0.2, -0.15) is 0 Å². The Balaban J connectivity index is 3.17. The highest BCUT2D eigenvalue weighted by atomic mass is 16.4. The van der Waals surface area contributed by atoms with Crippen molar-refractivity contribution in [3.63, 3.8) is 0 Å². The van der Waals surface area contributed by atoms with Gasteiger partial charge in [-0.1, -0.05) is 60.1 Å². The Bertz CT molecular complexity index is 887. The third-order valence-corrected chi connectivity index (χ3v) is 6.15. The van der Waals surface area contributed by atoms with Crippen LogP contribution in [-0.2, 0) is 25.6 Å². The van der Waals surface area contributed by atoms with Gasteiger partial charge in [0.05, 0.1) is 6.04 Å². The Morgan fingerprint density at radius 1 is 0.861 bits per heavy atom. The van der Waals surface area contributed by atoms with Crippen LogP contribution < -0.4 is 21.7 Å². The quantitative estimate of drug-likeness (QED) is 0.222. The smallest absolute Gasteiger partial charge is 0.326 e. The second kappa shape index (κ2) is 14.4. The number of phenols is 1. The SMILES string of the molecule is CCC(C)C(NC(=O)C(Cc1ccc(O)cc1)NC(=O)C(N)C(C)C)C(=O)NC(CC(C)C)C(=O)O. The lowest BCUT2D eigenvalue weighted by Gasteiger charge is -2.28. The number of aromatic hydroxyl groups is 1. The van der Waals surface area contributed by atoms with Crippen LogP contribution in [0.15, 0.2) is 24.3 Å². The zero-order valence-corrected chi connectivity index (χ0v) is 22.1. The van der Waals surface area contributed by atoms with Crippen molar-refractivity contribution >= 4 is 23.7 Å². The molecule has 0 aliphatic heterocycles. The van der Waals surface area contributed by atoms with E-state index in [0.29, 0.717) is 12.0 Å². The summed E-state index contributed by atoms with van der Waals surface area (Å²) in [5.74, 6) is -3.20. The van der Waals surface area contributed by atoms with Gasteiger partial charge in [-0.15, -0.1) is 0 Å². The minimum Gasteiger partial charge on any atom is -0.508 e. The van der Waals surface area contributed by atoms with E-state index in [2.05, 4.69) is 16.0 Å². The predicted molar refractivity (Wildman–Crippen MR) is 137 cm³/mol. The van der Waals surface area contributed by atoms with Crippen LogP contribution in [0.5, 0.6) is 5.75 Å². The molecule has 0 bridgehead atoms. The molecule has 1 aromatic carbocycles. The first-order valence-corrected chi connectivity index (χ1v) is 12.4. The second-order valence-electron chi connectivity index (χ2n) is 10.1. The average molecular weight is 507 g/mol. The molecule has 5 atom stereocenters. The molecule has 0 aliphatic rings. The van der Waals surface area contributed by atoms with E-state index in [9.17, 15) is 29.4 Å². The summed E-state index contributed by atoms with van der Waals surface area (Å²) in [4.78, 5) is 50.8. The monoisotopic (exact) mass is 506 g/mol. The predicted octanol–water partition coefficient (Wildman–Crippen LogP) is 1.55. The van der Waals surface area contributed by atoms with E-state index in [1.165, 1.54) is 12.1 Å². The Morgan fingerprint density at radius 3 is 1.89 bits per heavy atom. The van der Waals surface area contributed by atoms with E-state index < -0.39 is 47.9 Å². The molecule has 0 aromatic heterocycles. The molecule has 0 radical (unpaired) electrons. The summed E-state index contributed by atoms with van der Waals surface area (Å²) in [5, 5.41) is 27.0. The fourth-order valence-corrected chi connectivity index (χ4v) is 3.56. The maximum Gasteiger partial charge on any atom is 0.326 e. The fourth-order valence-electron chi connectivity index (χ4n) is 3.56. The number of carboxylic acids is 1. The first-order valence-electron chi connectivity index (χ1n) is 12.4. The molecule has 1 aromatic rings. The lowest BCUT2D eigenvalue weighted by atomic mass is 9.96. The Morgan fingerprint density at radius 2 is 1.42 bits per heavy atom. The lowest BCUT2D eigenvalue weighted by molar-refractivity contribution is -0.143. The van der Waals surface area contributed by atoms with Crippen molar-refractivity contribution in [2.45, 2.75) is 85.0 Å². The van der Waals surface area contributed by atoms with Gasteiger partial charge in [0.25, 0.3) is 0 Å². The van der Waals surface area contributed by atoms with Crippen LogP contribution >= 0.6 is 0 Å². The van der Waals surface area contributed by atoms with Gasteiger partial charge in [-0.25, -0.2) is 4.79 Å². The van der Waals surface area contributed by atoms with E-state index in [-0.39, 0.29) is 36.3 Å². The van der Waals surface area contributed by atoms with Gasteiger partial charge in [-0.05, 0) is 41.9 Å². The maximum atomic E-state index is 13.4. The fraction of sp³-hybridized carbons (Fsp3) is 0.615. The van der Waals surface area contributed by atoms with Crippen LogP contribution in [0.4, 0.5) is 0 Å². The Hall–Kier alpha value is -3.14. The van der Waals surface area contributed by atoms with E-state index in [4.69, 9.17) is 5.73 Å². The van der Waals surface area contributed by atoms with E-state index in [1.807, 2.05) is 20.8 Å². The first kappa shape index (κ1) is 30.9. The van der Waals surface area contributed by atoms with Gasteiger partial charge in [0.1, 0.15) is 23.9 Å². The number of carboxylic acid groups (broad SMARTS) is 1. The molecule has 10 nitrogen and oxygen atoms in total. The molecular weight excluding hydrogens is 464 g/mol. The second-order valence-corrected chi connectivity index (χ2v) is 10.1. The number of carbonyl (C=O) groups is 4. The van der Waals surface area contributed by atoms with Crippen LogP contribution in [0, 0.1) is 17.8 Å². The minimum atomic E-state index is -1.15. The first-order chi connectivity index (χ1) is 16.8. The van der Waals surface area contributed by atoms with Crippen LogP contribution in [0.3, 0.4) is 0 Å². The van der Waals surface area contributed by atoms with Crippen molar-refractivity contribution in [1.29, 1.82) is 0 Å². The summed E-state index contributed by atoms with van der Waals surface area (Å²) in [6.45, 7) is 10.9. The Kier molecular flexibility index (Phi) is 12.4. The molecule has 7 N–H and O–H groups in total. The molecule has 0 aliphatic carbocycles. The van der Waals surface area contributed by atoms with Crippen molar-refractivity contribution in [2.24, 2.45) is 23.5 Å². The van der Waals surface area contributed by atoms with Crippen molar-refractivity contribution in [1.82, 2.24) is 16.0 Å². The number of hydrogen-bond acceptors (Lipinski definition) is 6. The van der Waals surface area contributed by atoms with Gasteiger partial charge in [0.2, 0.25) is 17.7 Å². The van der Waals surface area contributed by atoms with Gasteiger partial charge in [0.15, 0.2) is 0 Å². The van der Waals surface area contributed by atoms with Crippen LogP contribution in [0.2, 0.25) is 0 Å². The van der Waals surface area contributed by atoms with Crippen molar-refractivity contribution in [3.8, 4) is 5.75 Å². The number of nitrogens with two attached hydrogens (primary N) is 1. The molecule has 10 heteroatoms. The van der Waals surface area contributed by atoms with Gasteiger partial charge in [0, 0.05) is 6.42 Å². The maximum absolute atomic E-state index is 13.4. The van der Waals surface area contributed by atoms with E-state index in [0.717, 1.165) is 0 Å². The van der Waals surface area contributed by atoms with Crippen molar-refractivity contribution < 1.29 is 29.4 Å². The number of nitrogens with one attached hydrogen (secondary N) is 3.